The van der Waals surface area contributed by atoms with E-state index < -0.39 is 17.9 Å². The van der Waals surface area contributed by atoms with Crippen molar-refractivity contribution in [2.75, 3.05) is 0 Å². The lowest BCUT2D eigenvalue weighted by Gasteiger charge is -2.16. The van der Waals surface area contributed by atoms with Crippen LogP contribution in [0.4, 0.5) is 0 Å². The van der Waals surface area contributed by atoms with Gasteiger partial charge < -0.3 is 11.1 Å². The molecule has 0 fully saturated rings. The van der Waals surface area contributed by atoms with Crippen molar-refractivity contribution in [3.63, 3.8) is 0 Å². The Hall–Kier alpha value is -3.20. The van der Waals surface area contributed by atoms with Crippen LogP contribution in [-0.2, 0) is 11.2 Å². The number of amides is 2. The quantitative estimate of drug-likeness (QED) is 0.849. The molecule has 0 bridgehead atoms. The first-order valence-corrected chi connectivity index (χ1v) is 6.60. The van der Waals surface area contributed by atoms with E-state index in [-0.39, 0.29) is 6.42 Å². The Balaban J connectivity index is 2.16. The van der Waals surface area contributed by atoms with Gasteiger partial charge in [0.15, 0.2) is 0 Å². The minimum absolute atomic E-state index is 0.158. The first-order valence-electron chi connectivity index (χ1n) is 6.60. The third-order valence-electron chi connectivity index (χ3n) is 3.13. The molecule has 0 aliphatic carbocycles. The van der Waals surface area contributed by atoms with Gasteiger partial charge in [-0.15, -0.1) is 0 Å². The topological polar surface area (TPSA) is 109 Å². The second kappa shape index (κ2) is 6.99. The summed E-state index contributed by atoms with van der Waals surface area (Å²) in [6, 6.07) is 11.2. The molecule has 0 saturated carbocycles. The molecule has 0 spiro atoms. The number of primary amides is 1. The third-order valence-corrected chi connectivity index (χ3v) is 3.13. The number of rotatable bonds is 5. The summed E-state index contributed by atoms with van der Waals surface area (Å²) in [6.45, 7) is 0. The molecule has 1 aromatic carbocycles. The van der Waals surface area contributed by atoms with E-state index in [1.807, 2.05) is 0 Å². The average Bonchev–Trinajstić information content (AvgIpc) is 2.55. The molecule has 0 radical (unpaired) electrons. The fourth-order valence-corrected chi connectivity index (χ4v) is 1.99. The smallest absolute Gasteiger partial charge is 0.253 e. The summed E-state index contributed by atoms with van der Waals surface area (Å²) >= 11 is 0. The number of pyridine rings is 1. The molecule has 1 aromatic heterocycles. The Morgan fingerprint density at radius 2 is 2.05 bits per heavy atom. The van der Waals surface area contributed by atoms with E-state index in [0.29, 0.717) is 16.7 Å². The SMILES string of the molecule is N#Cc1ccccc1C[C@H](NC(=O)c1cccnc1)C(N)=O. The first-order chi connectivity index (χ1) is 10.6. The zero-order valence-corrected chi connectivity index (χ0v) is 11.7. The van der Waals surface area contributed by atoms with Crippen molar-refractivity contribution in [1.82, 2.24) is 10.3 Å². The number of hydrogen-bond acceptors (Lipinski definition) is 4. The molecule has 0 saturated heterocycles. The van der Waals surface area contributed by atoms with Crippen LogP contribution in [0, 0.1) is 11.3 Å². The van der Waals surface area contributed by atoms with Crippen molar-refractivity contribution in [3.05, 3.63) is 65.5 Å². The van der Waals surface area contributed by atoms with Gasteiger partial charge in [0.2, 0.25) is 5.91 Å². The highest BCUT2D eigenvalue weighted by Crippen LogP contribution is 2.10. The van der Waals surface area contributed by atoms with E-state index in [4.69, 9.17) is 11.0 Å². The van der Waals surface area contributed by atoms with Gasteiger partial charge in [0.25, 0.3) is 5.91 Å². The van der Waals surface area contributed by atoms with E-state index in [1.165, 1.54) is 6.20 Å². The first kappa shape index (κ1) is 15.2. The molecule has 6 heteroatoms. The van der Waals surface area contributed by atoms with Gasteiger partial charge in [-0.3, -0.25) is 14.6 Å². The van der Waals surface area contributed by atoms with Gasteiger partial charge in [-0.1, -0.05) is 18.2 Å². The summed E-state index contributed by atoms with van der Waals surface area (Å²) in [5.41, 5.74) is 6.79. The number of nitrogens with two attached hydrogens (primary N) is 1. The van der Waals surface area contributed by atoms with E-state index in [0.717, 1.165) is 0 Å². The van der Waals surface area contributed by atoms with Crippen molar-refractivity contribution in [3.8, 4) is 6.07 Å². The van der Waals surface area contributed by atoms with Crippen molar-refractivity contribution in [1.29, 1.82) is 5.26 Å². The lowest BCUT2D eigenvalue weighted by Crippen LogP contribution is -2.46. The summed E-state index contributed by atoms with van der Waals surface area (Å²) in [6.07, 6.45) is 3.10. The Bertz CT molecular complexity index is 722. The fourth-order valence-electron chi connectivity index (χ4n) is 1.99. The highest BCUT2D eigenvalue weighted by Gasteiger charge is 2.20. The predicted octanol–water partition coefficient (Wildman–Crippen LogP) is 0.780. The monoisotopic (exact) mass is 294 g/mol. The van der Waals surface area contributed by atoms with E-state index in [2.05, 4.69) is 16.4 Å². The predicted molar refractivity (Wildman–Crippen MR) is 79.5 cm³/mol. The van der Waals surface area contributed by atoms with E-state index in [1.54, 1.807) is 42.6 Å². The van der Waals surface area contributed by atoms with Crippen LogP contribution in [0.2, 0.25) is 0 Å². The maximum Gasteiger partial charge on any atom is 0.253 e. The van der Waals surface area contributed by atoms with E-state index in [9.17, 15) is 9.59 Å². The molecule has 1 heterocycles. The Labute approximate surface area is 127 Å². The van der Waals surface area contributed by atoms with Gasteiger partial charge >= 0.3 is 0 Å². The largest absolute Gasteiger partial charge is 0.368 e. The molecule has 0 aliphatic rings. The van der Waals surface area contributed by atoms with Crippen LogP contribution in [-0.4, -0.2) is 22.8 Å². The van der Waals surface area contributed by atoms with Crippen molar-refractivity contribution >= 4 is 11.8 Å². The second-order valence-electron chi connectivity index (χ2n) is 4.64. The van der Waals surface area contributed by atoms with Crippen molar-refractivity contribution in [2.24, 2.45) is 5.73 Å². The van der Waals surface area contributed by atoms with E-state index >= 15 is 0 Å². The molecule has 0 unspecified atom stereocenters. The molecule has 22 heavy (non-hydrogen) atoms. The number of nitrogens with zero attached hydrogens (tertiary/aromatic N) is 2. The zero-order valence-electron chi connectivity index (χ0n) is 11.7. The fraction of sp³-hybridized carbons (Fsp3) is 0.125. The van der Waals surface area contributed by atoms with Gasteiger partial charge in [-0.2, -0.15) is 5.26 Å². The highest BCUT2D eigenvalue weighted by molar-refractivity contribution is 5.97. The van der Waals surface area contributed by atoms with Crippen molar-refractivity contribution in [2.45, 2.75) is 12.5 Å². The molecule has 6 nitrogen and oxygen atoms in total. The zero-order chi connectivity index (χ0) is 15.9. The second-order valence-corrected chi connectivity index (χ2v) is 4.64. The van der Waals surface area contributed by atoms with Crippen LogP contribution in [0.25, 0.3) is 0 Å². The van der Waals surface area contributed by atoms with Crippen LogP contribution in [0.15, 0.2) is 48.8 Å². The minimum Gasteiger partial charge on any atom is -0.368 e. The van der Waals surface area contributed by atoms with Gasteiger partial charge in [-0.25, -0.2) is 0 Å². The maximum absolute atomic E-state index is 12.1. The molecule has 1 atom stereocenters. The molecule has 2 aromatic rings. The number of carbonyl (C=O) groups is 2. The minimum atomic E-state index is -0.901. The molecule has 2 amide bonds. The summed E-state index contributed by atoms with van der Waals surface area (Å²) < 4.78 is 0. The molecule has 2 rings (SSSR count). The molecule has 3 N–H and O–H groups in total. The lowest BCUT2D eigenvalue weighted by atomic mass is 10.0. The molecule has 110 valence electrons. The van der Waals surface area contributed by atoms with Gasteiger partial charge in [0.05, 0.1) is 17.2 Å². The van der Waals surface area contributed by atoms with Crippen molar-refractivity contribution < 1.29 is 9.59 Å². The van der Waals surface area contributed by atoms with Crippen LogP contribution in [0.3, 0.4) is 0 Å². The summed E-state index contributed by atoms with van der Waals surface area (Å²) in [5.74, 6) is -1.10. The molecular weight excluding hydrogens is 280 g/mol. The Kier molecular flexibility index (Phi) is 4.83. The summed E-state index contributed by atoms with van der Waals surface area (Å²) in [4.78, 5) is 27.5. The number of nitrogens with one attached hydrogen (secondary N) is 1. The van der Waals surface area contributed by atoms with Gasteiger partial charge in [0, 0.05) is 18.8 Å². The van der Waals surface area contributed by atoms with Crippen LogP contribution < -0.4 is 11.1 Å². The maximum atomic E-state index is 12.1. The number of carbonyl (C=O) groups excluding carboxylic acids is 2. The van der Waals surface area contributed by atoms with Crippen LogP contribution in [0.5, 0.6) is 0 Å². The number of aromatic nitrogens is 1. The molecule has 0 aliphatic heterocycles. The normalized spacial score (nSPS) is 11.2. The van der Waals surface area contributed by atoms with Gasteiger partial charge in [0.1, 0.15) is 6.04 Å². The highest BCUT2D eigenvalue weighted by atomic mass is 16.2. The van der Waals surface area contributed by atoms with Gasteiger partial charge in [-0.05, 0) is 23.8 Å². The molecular formula is C16H14N4O2. The van der Waals surface area contributed by atoms with Crippen LogP contribution in [0.1, 0.15) is 21.5 Å². The standard InChI is InChI=1S/C16H14N4O2/c17-9-12-5-2-1-4-11(12)8-14(15(18)21)20-16(22)13-6-3-7-19-10-13/h1-7,10,14H,8H2,(H2,18,21)(H,20,22)/t14-/m0/s1. The number of benzene rings is 1. The average molecular weight is 294 g/mol. The third kappa shape index (κ3) is 3.67. The Morgan fingerprint density at radius 3 is 2.68 bits per heavy atom. The lowest BCUT2D eigenvalue weighted by molar-refractivity contribution is -0.119. The number of hydrogen-bond donors (Lipinski definition) is 2. The Morgan fingerprint density at radius 1 is 1.27 bits per heavy atom. The summed E-state index contributed by atoms with van der Waals surface area (Å²) in [5, 5.41) is 11.6. The summed E-state index contributed by atoms with van der Waals surface area (Å²) in [7, 11) is 0. The number of nitriles is 1. The van der Waals surface area contributed by atoms with Crippen LogP contribution >= 0.6 is 0 Å².